The van der Waals surface area contributed by atoms with E-state index in [0.29, 0.717) is 16.9 Å². The Morgan fingerprint density at radius 1 is 1.44 bits per heavy atom. The summed E-state index contributed by atoms with van der Waals surface area (Å²) in [6.45, 7) is 0. The molecule has 2 N–H and O–H groups in total. The van der Waals surface area contributed by atoms with Gasteiger partial charge >= 0.3 is 0 Å². The number of hydrogen-bond acceptors (Lipinski definition) is 3. The molecule has 0 fully saturated rings. The lowest BCUT2D eigenvalue weighted by molar-refractivity contribution is 0.0993. The topological polar surface area (TPSA) is 46.3 Å². The first kappa shape index (κ1) is 13.8. The molecule has 1 heterocycles. The number of benzene rings is 1. The Balaban J connectivity index is 2.31. The van der Waals surface area contributed by atoms with Gasteiger partial charge in [0, 0.05) is 16.9 Å². The minimum atomic E-state index is -0.0526. The number of halogens is 2. The van der Waals surface area contributed by atoms with Gasteiger partial charge in [-0.05, 0) is 46.9 Å². The van der Waals surface area contributed by atoms with Crippen LogP contribution >= 0.6 is 49.9 Å². The van der Waals surface area contributed by atoms with Crippen molar-refractivity contribution in [3.63, 3.8) is 0 Å². The Morgan fingerprint density at radius 2 is 2.17 bits per heavy atom. The van der Waals surface area contributed by atoms with E-state index in [0.717, 1.165) is 7.36 Å². The van der Waals surface area contributed by atoms with Gasteiger partial charge < -0.3 is 10.6 Å². The van der Waals surface area contributed by atoms with E-state index in [4.69, 9.17) is 5.73 Å². The molecule has 0 aliphatic rings. The van der Waals surface area contributed by atoms with E-state index >= 15 is 0 Å². The molecule has 6 heteroatoms. The van der Waals surface area contributed by atoms with E-state index in [1.54, 1.807) is 29.4 Å². The zero-order chi connectivity index (χ0) is 13.3. The van der Waals surface area contributed by atoms with Crippen LogP contribution in [-0.2, 0) is 0 Å². The van der Waals surface area contributed by atoms with E-state index < -0.39 is 0 Å². The average molecular weight is 437 g/mol. The Bertz CT molecular complexity index is 600. The van der Waals surface area contributed by atoms with Gasteiger partial charge in [0.1, 0.15) is 0 Å². The van der Waals surface area contributed by atoms with Crippen molar-refractivity contribution in [1.29, 1.82) is 0 Å². The molecule has 2 rings (SSSR count). The van der Waals surface area contributed by atoms with Gasteiger partial charge in [-0.15, -0.1) is 11.3 Å². The molecule has 94 valence electrons. The summed E-state index contributed by atoms with van der Waals surface area (Å²) in [5.74, 6) is -0.0526. The predicted octanol–water partition coefficient (Wildman–Crippen LogP) is 3.97. The molecule has 3 nitrogen and oxygen atoms in total. The van der Waals surface area contributed by atoms with Crippen molar-refractivity contribution in [3.05, 3.63) is 42.6 Å². The zero-order valence-electron chi connectivity index (χ0n) is 9.48. The first-order valence-electron chi connectivity index (χ1n) is 5.06. The van der Waals surface area contributed by atoms with Crippen LogP contribution in [0.25, 0.3) is 0 Å². The van der Waals surface area contributed by atoms with E-state index in [-0.39, 0.29) is 5.91 Å². The summed E-state index contributed by atoms with van der Waals surface area (Å²) in [6.07, 6.45) is 0. The second-order valence-electron chi connectivity index (χ2n) is 3.71. The highest BCUT2D eigenvalue weighted by molar-refractivity contribution is 14.1. The third-order valence-corrected chi connectivity index (χ3v) is 4.75. The van der Waals surface area contributed by atoms with Crippen LogP contribution in [0.4, 0.5) is 11.4 Å². The number of nitrogens with two attached hydrogens (primary N) is 1. The number of hydrogen-bond donors (Lipinski definition) is 1. The molecule has 0 atom stereocenters. The standard InChI is InChI=1S/C12H10BrIN2OS/c1-16(10-3-2-8(13)5-9(10)15)12(17)7-4-11(14)18-6-7/h2-6H,15H2,1H3. The minimum Gasteiger partial charge on any atom is -0.397 e. The molecular weight excluding hydrogens is 427 g/mol. The lowest BCUT2D eigenvalue weighted by Crippen LogP contribution is -2.26. The van der Waals surface area contributed by atoms with E-state index in [1.807, 2.05) is 23.6 Å². The maximum absolute atomic E-state index is 12.3. The van der Waals surface area contributed by atoms with Crippen molar-refractivity contribution in [2.45, 2.75) is 0 Å². The highest BCUT2D eigenvalue weighted by Crippen LogP contribution is 2.27. The highest BCUT2D eigenvalue weighted by Gasteiger charge is 2.16. The molecule has 0 saturated carbocycles. The van der Waals surface area contributed by atoms with Crippen LogP contribution in [0, 0.1) is 2.88 Å². The van der Waals surface area contributed by atoms with Crippen LogP contribution in [0.15, 0.2) is 34.1 Å². The van der Waals surface area contributed by atoms with Crippen molar-refractivity contribution in [1.82, 2.24) is 0 Å². The van der Waals surface area contributed by atoms with Crippen molar-refractivity contribution in [2.75, 3.05) is 17.7 Å². The van der Waals surface area contributed by atoms with Gasteiger partial charge in [0.15, 0.2) is 0 Å². The number of thiophene rings is 1. The fourth-order valence-corrected chi connectivity index (χ4v) is 3.26. The molecule has 0 unspecified atom stereocenters. The number of nitrogen functional groups attached to an aromatic ring is 1. The maximum Gasteiger partial charge on any atom is 0.258 e. The van der Waals surface area contributed by atoms with Crippen molar-refractivity contribution in [3.8, 4) is 0 Å². The monoisotopic (exact) mass is 436 g/mol. The summed E-state index contributed by atoms with van der Waals surface area (Å²) >= 11 is 7.10. The van der Waals surface area contributed by atoms with Gasteiger partial charge in [0.05, 0.1) is 19.8 Å². The third-order valence-electron chi connectivity index (χ3n) is 2.47. The Hall–Kier alpha value is -0.600. The molecule has 0 radical (unpaired) electrons. The number of amides is 1. The molecule has 0 aliphatic heterocycles. The predicted molar refractivity (Wildman–Crippen MR) is 88.3 cm³/mol. The van der Waals surface area contributed by atoms with Crippen molar-refractivity contribution in [2.24, 2.45) is 0 Å². The van der Waals surface area contributed by atoms with Gasteiger partial charge in [-0.2, -0.15) is 0 Å². The normalized spacial score (nSPS) is 10.4. The lowest BCUT2D eigenvalue weighted by Gasteiger charge is -2.18. The van der Waals surface area contributed by atoms with Gasteiger partial charge in [0.2, 0.25) is 0 Å². The average Bonchev–Trinajstić information content (AvgIpc) is 2.74. The Kier molecular flexibility index (Phi) is 4.29. The largest absolute Gasteiger partial charge is 0.397 e. The summed E-state index contributed by atoms with van der Waals surface area (Å²) < 4.78 is 1.99. The lowest BCUT2D eigenvalue weighted by atomic mass is 10.2. The number of carbonyl (C=O) groups excluding carboxylic acids is 1. The molecule has 2 aromatic rings. The van der Waals surface area contributed by atoms with Gasteiger partial charge in [0.25, 0.3) is 5.91 Å². The molecule has 1 amide bonds. The first-order valence-corrected chi connectivity index (χ1v) is 7.81. The van der Waals surface area contributed by atoms with Gasteiger partial charge in [-0.1, -0.05) is 15.9 Å². The summed E-state index contributed by atoms with van der Waals surface area (Å²) in [5.41, 5.74) is 7.90. The van der Waals surface area contributed by atoms with Crippen LogP contribution in [0.1, 0.15) is 10.4 Å². The SMILES string of the molecule is CN(C(=O)c1csc(I)c1)c1ccc(Br)cc1N. The minimum absolute atomic E-state index is 0.0526. The van der Waals surface area contributed by atoms with Gasteiger partial charge in [-0.3, -0.25) is 4.79 Å². The fraction of sp³-hybridized carbons (Fsp3) is 0.0833. The van der Waals surface area contributed by atoms with E-state index in [1.165, 1.54) is 0 Å². The third kappa shape index (κ3) is 2.86. The molecule has 0 bridgehead atoms. The van der Waals surface area contributed by atoms with Crippen molar-refractivity contribution < 1.29 is 4.79 Å². The van der Waals surface area contributed by atoms with E-state index in [2.05, 4.69) is 38.5 Å². The zero-order valence-corrected chi connectivity index (χ0v) is 14.0. The molecule has 0 saturated heterocycles. The van der Waals surface area contributed by atoms with E-state index in [9.17, 15) is 4.79 Å². The van der Waals surface area contributed by atoms with Crippen molar-refractivity contribution >= 4 is 67.1 Å². The quantitative estimate of drug-likeness (QED) is 0.571. The number of anilines is 2. The van der Waals surface area contributed by atoms with Gasteiger partial charge in [-0.25, -0.2) is 0 Å². The smallest absolute Gasteiger partial charge is 0.258 e. The first-order chi connectivity index (χ1) is 8.49. The summed E-state index contributed by atoms with van der Waals surface area (Å²) in [7, 11) is 1.73. The maximum atomic E-state index is 12.3. The highest BCUT2D eigenvalue weighted by atomic mass is 127. The second-order valence-corrected chi connectivity index (χ2v) is 7.43. The summed E-state index contributed by atoms with van der Waals surface area (Å²) in [6, 6.07) is 7.36. The molecule has 0 spiro atoms. The summed E-state index contributed by atoms with van der Waals surface area (Å²) in [4.78, 5) is 13.8. The second kappa shape index (κ2) is 5.58. The van der Waals surface area contributed by atoms with Crippen LogP contribution in [0.5, 0.6) is 0 Å². The molecule has 1 aromatic carbocycles. The molecule has 0 aliphatic carbocycles. The summed E-state index contributed by atoms with van der Waals surface area (Å²) in [5, 5.41) is 1.86. The van der Waals surface area contributed by atoms with Crippen LogP contribution < -0.4 is 10.6 Å². The Labute approximate surface area is 131 Å². The van der Waals surface area contributed by atoms with Crippen LogP contribution in [0.3, 0.4) is 0 Å². The molecule has 18 heavy (non-hydrogen) atoms. The number of carbonyl (C=O) groups is 1. The number of nitrogens with zero attached hydrogens (tertiary/aromatic N) is 1. The molecule has 1 aromatic heterocycles. The van der Waals surface area contributed by atoms with Crippen LogP contribution in [-0.4, -0.2) is 13.0 Å². The number of rotatable bonds is 2. The Morgan fingerprint density at radius 3 is 2.72 bits per heavy atom. The molecular formula is C12H10BrIN2OS. The fourth-order valence-electron chi connectivity index (χ4n) is 1.56. The van der Waals surface area contributed by atoms with Crippen LogP contribution in [0.2, 0.25) is 0 Å².